The normalized spacial score (nSPS) is 27.1. The molecule has 4 amide bonds. The summed E-state index contributed by atoms with van der Waals surface area (Å²) in [6.45, 7) is 11.0. The zero-order valence-electron chi connectivity index (χ0n) is 39.2. The number of hydrogen-bond donors (Lipinski definition) is 3. The van der Waals surface area contributed by atoms with Gasteiger partial charge in [0.2, 0.25) is 27.7 Å². The number of rotatable bonds is 12. The molecule has 3 aromatic rings. The van der Waals surface area contributed by atoms with Crippen molar-refractivity contribution in [2.45, 2.75) is 152 Å². The summed E-state index contributed by atoms with van der Waals surface area (Å²) < 4.78 is 86.2. The molecule has 20 heteroatoms. The van der Waals surface area contributed by atoms with Gasteiger partial charge in [-0.2, -0.15) is 0 Å². The largest absolute Gasteiger partial charge is 0.497 e. The van der Waals surface area contributed by atoms with Crippen molar-refractivity contribution in [3.05, 3.63) is 54.7 Å². The van der Waals surface area contributed by atoms with E-state index in [9.17, 15) is 31.6 Å². The highest BCUT2D eigenvalue weighted by Crippen LogP contribution is 2.48. The topological polar surface area (TPSA) is 214 Å². The molecular formula is C47H60F2N6O11S. The fraction of sp³-hybridized carbons (Fsp3) is 0.574. The average Bonchev–Trinajstić information content (AvgIpc) is 4.13. The lowest BCUT2D eigenvalue weighted by atomic mass is 10.0. The summed E-state index contributed by atoms with van der Waals surface area (Å²) in [6.07, 6.45) is 2.73. The number of alkyl halides is 2. The zero-order chi connectivity index (χ0) is 48.9. The minimum absolute atomic E-state index is 0.0776. The lowest BCUT2D eigenvalue weighted by Gasteiger charge is -2.35. The molecule has 0 unspecified atom stereocenters. The Bertz CT molecular complexity index is 2530. The highest BCUT2D eigenvalue weighted by molar-refractivity contribution is 7.91. The maximum Gasteiger partial charge on any atom is 0.408 e. The van der Waals surface area contributed by atoms with Crippen LogP contribution >= 0.6 is 0 Å². The molecular weight excluding hydrogens is 895 g/mol. The highest BCUT2D eigenvalue weighted by Gasteiger charge is 2.63. The monoisotopic (exact) mass is 954 g/mol. The summed E-state index contributed by atoms with van der Waals surface area (Å²) in [5, 5.41) is 6.51. The summed E-state index contributed by atoms with van der Waals surface area (Å²) in [6, 6.07) is 7.65. The Hall–Kier alpha value is -5.63. The van der Waals surface area contributed by atoms with Gasteiger partial charge in [0.05, 0.1) is 54.3 Å². The fourth-order valence-corrected chi connectivity index (χ4v) is 9.48. The van der Waals surface area contributed by atoms with Gasteiger partial charge in [0.1, 0.15) is 35.2 Å². The SMILES string of the molecule is COc1ccc2c(O[C@@H]3C[C@H]4C(=O)N[C@]5(C(=O)NS(=O)(=O)C6(C)CC6)C[C@H]5/C=C\CC[C@@H](C)O[C@@H](C)[C@H](NC(=O)OC(C)(C)C(C)(F)F)C(=O)N4C3)nc(-c3ccc(OC(C)C)cn3)cc2c1. The third kappa shape index (κ3) is 10.6. The first-order chi connectivity index (χ1) is 31.3. The minimum atomic E-state index is -4.11. The highest BCUT2D eigenvalue weighted by atomic mass is 32.2. The van der Waals surface area contributed by atoms with Gasteiger partial charge in [-0.15, -0.1) is 0 Å². The van der Waals surface area contributed by atoms with Gasteiger partial charge in [-0.05, 0) is 122 Å². The number of allylic oxidation sites excluding steroid dienone is 1. The van der Waals surface area contributed by atoms with E-state index in [1.165, 1.54) is 18.9 Å². The van der Waals surface area contributed by atoms with Crippen LogP contribution in [0, 0.1) is 5.92 Å². The molecule has 2 saturated carbocycles. The second kappa shape index (κ2) is 18.5. The summed E-state index contributed by atoms with van der Waals surface area (Å²) in [4.78, 5) is 67.9. The van der Waals surface area contributed by atoms with E-state index in [4.69, 9.17) is 28.7 Å². The minimum Gasteiger partial charge on any atom is -0.497 e. The number of fused-ring (bicyclic) bond motifs is 3. The summed E-state index contributed by atoms with van der Waals surface area (Å²) in [7, 11) is -2.57. The van der Waals surface area contributed by atoms with Crippen LogP contribution in [-0.4, -0.2) is 119 Å². The van der Waals surface area contributed by atoms with Crippen LogP contribution in [0.5, 0.6) is 17.4 Å². The molecule has 1 aromatic carbocycles. The lowest BCUT2D eigenvalue weighted by molar-refractivity contribution is -0.153. The van der Waals surface area contributed by atoms with Gasteiger partial charge in [0.15, 0.2) is 5.60 Å². The van der Waals surface area contributed by atoms with Crippen molar-refractivity contribution in [2.24, 2.45) is 5.92 Å². The van der Waals surface area contributed by atoms with Crippen molar-refractivity contribution < 1.29 is 60.1 Å². The number of amides is 4. The van der Waals surface area contributed by atoms with Gasteiger partial charge in [-0.1, -0.05) is 12.2 Å². The van der Waals surface area contributed by atoms with E-state index in [0.29, 0.717) is 66.3 Å². The van der Waals surface area contributed by atoms with E-state index in [1.54, 1.807) is 56.5 Å². The number of sulfonamides is 1. The van der Waals surface area contributed by atoms with Crippen molar-refractivity contribution in [1.29, 1.82) is 0 Å². The van der Waals surface area contributed by atoms with Gasteiger partial charge in [-0.3, -0.25) is 24.1 Å². The first-order valence-corrected chi connectivity index (χ1v) is 24.0. The molecule has 4 aliphatic rings. The van der Waals surface area contributed by atoms with E-state index in [1.807, 2.05) is 26.0 Å². The lowest BCUT2D eigenvalue weighted by Crippen LogP contribution is -2.60. The second-order valence-corrected chi connectivity index (χ2v) is 21.3. The number of ether oxygens (including phenoxy) is 5. The van der Waals surface area contributed by atoms with Crippen LogP contribution in [-0.2, 0) is 33.9 Å². The molecule has 2 aliphatic heterocycles. The number of pyridine rings is 2. The first kappa shape index (κ1) is 49.3. The molecule has 67 heavy (non-hydrogen) atoms. The van der Waals surface area contributed by atoms with Gasteiger partial charge >= 0.3 is 6.09 Å². The second-order valence-electron chi connectivity index (χ2n) is 19.2. The third-order valence-electron chi connectivity index (χ3n) is 13.1. The molecule has 1 saturated heterocycles. The van der Waals surface area contributed by atoms with Crippen molar-refractivity contribution >= 4 is 44.6 Å². The quantitative estimate of drug-likeness (QED) is 0.178. The Kier molecular flexibility index (Phi) is 13.6. The van der Waals surface area contributed by atoms with Crippen LogP contribution in [0.15, 0.2) is 54.7 Å². The summed E-state index contributed by atoms with van der Waals surface area (Å²) in [5.74, 6) is -5.35. The number of halogens is 2. The van der Waals surface area contributed by atoms with E-state index < -0.39 is 92.0 Å². The molecule has 0 radical (unpaired) electrons. The predicted molar refractivity (Wildman–Crippen MR) is 242 cm³/mol. The van der Waals surface area contributed by atoms with Crippen molar-refractivity contribution in [3.63, 3.8) is 0 Å². The van der Waals surface area contributed by atoms with E-state index in [2.05, 4.69) is 20.3 Å². The van der Waals surface area contributed by atoms with Crippen molar-refractivity contribution in [2.75, 3.05) is 13.7 Å². The Labute approximate surface area is 389 Å². The molecule has 0 bridgehead atoms. The van der Waals surface area contributed by atoms with Crippen LogP contribution in [0.4, 0.5) is 13.6 Å². The first-order valence-electron chi connectivity index (χ1n) is 22.5. The molecule has 2 aromatic heterocycles. The molecule has 7 rings (SSSR count). The summed E-state index contributed by atoms with van der Waals surface area (Å²) in [5.41, 5.74) is -3.05. The van der Waals surface area contributed by atoms with Crippen LogP contribution < -0.4 is 29.6 Å². The molecule has 3 N–H and O–H groups in total. The summed E-state index contributed by atoms with van der Waals surface area (Å²) >= 11 is 0. The fourth-order valence-electron chi connectivity index (χ4n) is 8.17. The Balaban J connectivity index is 1.26. The van der Waals surface area contributed by atoms with Gasteiger partial charge in [0.25, 0.3) is 11.8 Å². The molecule has 7 atom stereocenters. The number of carbonyl (C=O) groups is 4. The smallest absolute Gasteiger partial charge is 0.408 e. The van der Waals surface area contributed by atoms with Gasteiger partial charge in [0, 0.05) is 24.6 Å². The molecule has 4 heterocycles. The molecule has 3 fully saturated rings. The maximum atomic E-state index is 15.0. The Morgan fingerprint density at radius 3 is 2.40 bits per heavy atom. The number of aromatic nitrogens is 2. The Morgan fingerprint density at radius 1 is 1.04 bits per heavy atom. The third-order valence-corrected chi connectivity index (χ3v) is 15.2. The van der Waals surface area contributed by atoms with Crippen LogP contribution in [0.25, 0.3) is 22.2 Å². The molecule has 17 nitrogen and oxygen atoms in total. The number of nitrogens with zero attached hydrogens (tertiary/aromatic N) is 3. The molecule has 364 valence electrons. The standard InChI is InChI=1S/C47H60F2N6O11S/c1-26(2)63-32-15-17-35(50-24-32)36-21-29-20-31(62-9)14-16-34(29)40(51-36)65-33-22-37-39(56)53-47(42(58)54-67(60,61)45(7)18-19-45)23-30(47)13-11-10-12-27(3)64-28(4)38(41(57)55(37)25-33)52-43(59)66-44(5,6)46(8,48)49/h11,13-17,20-21,24,26-28,30,33,37-38H,10,12,18-19,22-23,25H2,1-9H3,(H,52,59)(H,53,56)(H,54,58)/b13-11-/t27-,28+,30-,33-,37+,38+,47-/m1/s1. The van der Waals surface area contributed by atoms with Crippen molar-refractivity contribution in [3.8, 4) is 28.8 Å². The van der Waals surface area contributed by atoms with Crippen LogP contribution in [0.2, 0.25) is 0 Å². The van der Waals surface area contributed by atoms with Crippen LogP contribution in [0.3, 0.4) is 0 Å². The van der Waals surface area contributed by atoms with Crippen LogP contribution in [0.1, 0.15) is 93.9 Å². The van der Waals surface area contributed by atoms with E-state index in [0.717, 1.165) is 13.8 Å². The molecule has 2 aliphatic carbocycles. The number of carbonyl (C=O) groups excluding carboxylic acids is 4. The van der Waals surface area contributed by atoms with E-state index >= 15 is 4.79 Å². The predicted octanol–water partition coefficient (Wildman–Crippen LogP) is 5.99. The number of nitrogens with one attached hydrogen (secondary N) is 3. The van der Waals surface area contributed by atoms with Gasteiger partial charge < -0.3 is 39.2 Å². The van der Waals surface area contributed by atoms with Crippen molar-refractivity contribution in [1.82, 2.24) is 30.2 Å². The Morgan fingerprint density at radius 2 is 1.76 bits per heavy atom. The molecule has 0 spiro atoms. The number of benzene rings is 1. The van der Waals surface area contributed by atoms with Gasteiger partial charge in [-0.25, -0.2) is 27.0 Å². The van der Waals surface area contributed by atoms with E-state index in [-0.39, 0.29) is 31.4 Å². The number of alkyl carbamates (subject to hydrolysis) is 1. The number of methoxy groups -OCH3 is 1. The zero-order valence-corrected chi connectivity index (χ0v) is 40.0. The maximum absolute atomic E-state index is 15.0. The number of hydrogen-bond acceptors (Lipinski definition) is 13. The average molecular weight is 955 g/mol.